The minimum Gasteiger partial charge on any atom is -0.508 e. The van der Waals surface area contributed by atoms with E-state index < -0.39 is 0 Å². The Hall–Kier alpha value is -1.87. The second kappa shape index (κ2) is 6.90. The van der Waals surface area contributed by atoms with E-state index in [4.69, 9.17) is 0 Å². The van der Waals surface area contributed by atoms with Gasteiger partial charge in [0, 0.05) is 14.7 Å². The molecule has 1 rings (SSSR count). The maximum absolute atomic E-state index is 11.0. The zero-order chi connectivity index (χ0) is 14.4. The summed E-state index contributed by atoms with van der Waals surface area (Å²) in [7, 11) is 0. The van der Waals surface area contributed by atoms with E-state index in [9.17, 15) is 14.7 Å². The van der Waals surface area contributed by atoms with Crippen molar-refractivity contribution in [1.82, 2.24) is 0 Å². The number of phenols is 1. The largest absolute Gasteiger partial charge is 0.508 e. The van der Waals surface area contributed by atoms with Crippen LogP contribution in [0.5, 0.6) is 5.75 Å². The number of carbonyl (C=O) groups excluding carboxylic acids is 2. The van der Waals surface area contributed by atoms with E-state index in [1.807, 2.05) is 22.6 Å². The van der Waals surface area contributed by atoms with E-state index in [1.54, 1.807) is 42.2 Å². The van der Waals surface area contributed by atoms with Crippen molar-refractivity contribution < 1.29 is 14.7 Å². The topological polar surface area (TPSA) is 54.4 Å². The van der Waals surface area contributed by atoms with E-state index in [2.05, 4.69) is 6.58 Å². The smallest absolute Gasteiger partial charge is 0.134 e. The lowest BCUT2D eigenvalue weighted by molar-refractivity contribution is 0.475. The highest BCUT2D eigenvalue weighted by Crippen LogP contribution is 2.28. The van der Waals surface area contributed by atoms with Crippen LogP contribution in [0, 0.1) is 0 Å². The fraction of sp³-hybridized carbons (Fsp3) is 0.0667. The Balaban J connectivity index is 3.17. The minimum atomic E-state index is 0.136. The molecule has 0 saturated carbocycles. The molecule has 19 heavy (non-hydrogen) atoms. The molecule has 0 amide bonds. The van der Waals surface area contributed by atoms with Gasteiger partial charge in [0.25, 0.3) is 0 Å². The molecule has 0 heterocycles. The molecular weight excluding hydrogens is 355 g/mol. The van der Waals surface area contributed by atoms with E-state index in [-0.39, 0.29) is 16.9 Å². The average Bonchev–Trinajstić information content (AvgIpc) is 2.38. The quantitative estimate of drug-likeness (QED) is 0.506. The van der Waals surface area contributed by atoms with Crippen LogP contribution < -0.4 is 0 Å². The Labute approximate surface area is 124 Å². The summed E-state index contributed by atoms with van der Waals surface area (Å²) in [5.41, 5.74) is 1.50. The molecule has 0 bridgehead atoms. The summed E-state index contributed by atoms with van der Waals surface area (Å²) in [4.78, 5) is 21.6. The third kappa shape index (κ3) is 4.07. The molecule has 4 heteroatoms. The first-order valence-electron chi connectivity index (χ1n) is 5.32. The number of hydrogen-bond donors (Lipinski definition) is 1. The zero-order valence-electron chi connectivity index (χ0n) is 10.2. The van der Waals surface area contributed by atoms with Gasteiger partial charge >= 0.3 is 0 Å². The number of hydrogen-bond acceptors (Lipinski definition) is 3. The Morgan fingerprint density at radius 3 is 2.58 bits per heavy atom. The van der Waals surface area contributed by atoms with E-state index in [1.165, 1.54) is 6.92 Å². The monoisotopic (exact) mass is 366 g/mol. The molecule has 0 saturated heterocycles. The lowest BCUT2D eigenvalue weighted by Gasteiger charge is -2.05. The van der Waals surface area contributed by atoms with Crippen LogP contribution in [-0.4, -0.2) is 17.0 Å². The van der Waals surface area contributed by atoms with Crippen LogP contribution in [0.4, 0.5) is 0 Å². The van der Waals surface area contributed by atoms with Crippen LogP contribution in [0.2, 0.25) is 0 Å². The summed E-state index contributed by atoms with van der Waals surface area (Å²) >= 11 is 1.96. The van der Waals surface area contributed by atoms with Crippen molar-refractivity contribution in [2.45, 2.75) is 6.92 Å². The molecule has 3 nitrogen and oxygen atoms in total. The number of aromatic hydroxyl groups is 1. The molecule has 0 aliphatic rings. The SMILES string of the molecule is C=C(C(C)=C=O)C(=C=O)/C(I)=C/c1cccc(O)c1. The maximum Gasteiger partial charge on any atom is 0.134 e. The van der Waals surface area contributed by atoms with Crippen LogP contribution >= 0.6 is 22.6 Å². The molecule has 0 unspecified atom stereocenters. The van der Waals surface area contributed by atoms with Crippen LogP contribution in [-0.2, 0) is 9.59 Å². The number of halogens is 1. The molecule has 96 valence electrons. The maximum atomic E-state index is 11.0. The van der Waals surface area contributed by atoms with Gasteiger partial charge in [-0.15, -0.1) is 0 Å². The highest BCUT2D eigenvalue weighted by molar-refractivity contribution is 14.1. The van der Waals surface area contributed by atoms with Gasteiger partial charge in [-0.05, 0) is 53.3 Å². The number of rotatable bonds is 4. The van der Waals surface area contributed by atoms with Crippen molar-refractivity contribution >= 4 is 40.5 Å². The summed E-state index contributed by atoms with van der Waals surface area (Å²) in [5, 5.41) is 9.37. The van der Waals surface area contributed by atoms with Gasteiger partial charge < -0.3 is 5.11 Å². The van der Waals surface area contributed by atoms with Gasteiger partial charge in [-0.2, -0.15) is 0 Å². The number of allylic oxidation sites excluding steroid dienone is 4. The molecule has 0 radical (unpaired) electrons. The fourth-order valence-corrected chi connectivity index (χ4v) is 2.13. The molecule has 0 aliphatic carbocycles. The molecule has 0 fully saturated rings. The van der Waals surface area contributed by atoms with Gasteiger partial charge in [0.05, 0.1) is 5.57 Å². The van der Waals surface area contributed by atoms with Crippen molar-refractivity contribution in [1.29, 1.82) is 0 Å². The molecule has 0 spiro atoms. The minimum absolute atomic E-state index is 0.136. The van der Waals surface area contributed by atoms with Gasteiger partial charge in [-0.25, -0.2) is 9.59 Å². The van der Waals surface area contributed by atoms with Crippen LogP contribution in [0.1, 0.15) is 12.5 Å². The van der Waals surface area contributed by atoms with Crippen molar-refractivity contribution in [3.63, 3.8) is 0 Å². The molecular formula is C15H11IO3. The molecule has 1 aromatic carbocycles. The Kier molecular flexibility index (Phi) is 5.52. The number of benzene rings is 1. The van der Waals surface area contributed by atoms with E-state index in [0.29, 0.717) is 9.15 Å². The van der Waals surface area contributed by atoms with Crippen molar-refractivity contribution in [2.24, 2.45) is 0 Å². The average molecular weight is 366 g/mol. The lowest BCUT2D eigenvalue weighted by Crippen LogP contribution is -1.92. The first kappa shape index (κ1) is 15.2. The zero-order valence-corrected chi connectivity index (χ0v) is 12.4. The van der Waals surface area contributed by atoms with Crippen molar-refractivity contribution in [3.8, 4) is 5.75 Å². The van der Waals surface area contributed by atoms with Gasteiger partial charge in [0.15, 0.2) is 0 Å². The lowest BCUT2D eigenvalue weighted by atomic mass is 10.0. The molecule has 0 atom stereocenters. The van der Waals surface area contributed by atoms with Gasteiger partial charge in [0.2, 0.25) is 0 Å². The van der Waals surface area contributed by atoms with Crippen LogP contribution in [0.15, 0.2) is 51.1 Å². The highest BCUT2D eigenvalue weighted by Gasteiger charge is 2.10. The van der Waals surface area contributed by atoms with Crippen LogP contribution in [0.3, 0.4) is 0 Å². The predicted octanol–water partition coefficient (Wildman–Crippen LogP) is 3.26. The molecule has 0 aliphatic heterocycles. The highest BCUT2D eigenvalue weighted by atomic mass is 127. The third-order valence-electron chi connectivity index (χ3n) is 2.41. The summed E-state index contributed by atoms with van der Waals surface area (Å²) in [6.45, 7) is 5.22. The van der Waals surface area contributed by atoms with E-state index in [0.717, 1.165) is 5.56 Å². The molecule has 1 N–H and O–H groups in total. The summed E-state index contributed by atoms with van der Waals surface area (Å²) in [6, 6.07) is 6.60. The van der Waals surface area contributed by atoms with Gasteiger partial charge in [-0.3, -0.25) is 0 Å². The first-order valence-corrected chi connectivity index (χ1v) is 6.40. The van der Waals surface area contributed by atoms with Crippen LogP contribution in [0.25, 0.3) is 6.08 Å². The normalized spacial score (nSPS) is 10.3. The third-order valence-corrected chi connectivity index (χ3v) is 3.26. The number of phenolic OH excluding ortho intramolecular Hbond substituents is 1. The second-order valence-corrected chi connectivity index (χ2v) is 4.93. The Bertz CT molecular complexity index is 643. The fourth-order valence-electron chi connectivity index (χ4n) is 1.34. The van der Waals surface area contributed by atoms with Crippen molar-refractivity contribution in [2.75, 3.05) is 0 Å². The molecule has 0 aromatic heterocycles. The summed E-state index contributed by atoms with van der Waals surface area (Å²) in [5.74, 6) is 3.62. The summed E-state index contributed by atoms with van der Waals surface area (Å²) in [6.07, 6.45) is 1.70. The van der Waals surface area contributed by atoms with E-state index >= 15 is 0 Å². The molecule has 1 aromatic rings. The Morgan fingerprint density at radius 2 is 2.05 bits per heavy atom. The Morgan fingerprint density at radius 1 is 1.37 bits per heavy atom. The first-order chi connectivity index (χ1) is 8.99. The second-order valence-electron chi connectivity index (χ2n) is 3.77. The van der Waals surface area contributed by atoms with Crippen molar-refractivity contribution in [3.05, 3.63) is 56.7 Å². The predicted molar refractivity (Wildman–Crippen MR) is 83.3 cm³/mol. The summed E-state index contributed by atoms with van der Waals surface area (Å²) < 4.78 is 0.581. The van der Waals surface area contributed by atoms with Gasteiger partial charge in [0.1, 0.15) is 17.6 Å². The standard InChI is InChI=1S/C15H11IO3/c1-10(8-17)11(2)14(9-18)15(16)7-12-4-3-5-13(19)6-12/h3-7,19H,2H2,1H3/b15-7-. The van der Waals surface area contributed by atoms with Gasteiger partial charge in [-0.1, -0.05) is 18.7 Å².